The van der Waals surface area contributed by atoms with Crippen LogP contribution in [0.4, 0.5) is 15.8 Å². The molecule has 2 rings (SSSR count). The molecular formula is C19H23FN4O3. The molecule has 0 saturated heterocycles. The maximum atomic E-state index is 12.9. The van der Waals surface area contributed by atoms with Crippen LogP contribution in [0.1, 0.15) is 6.92 Å². The smallest absolute Gasteiger partial charge is 0.246 e. The maximum Gasteiger partial charge on any atom is 0.246 e. The number of hydrogen-bond donors (Lipinski definition) is 3. The van der Waals surface area contributed by atoms with E-state index in [-0.39, 0.29) is 18.3 Å². The Morgan fingerprint density at radius 3 is 2.30 bits per heavy atom. The van der Waals surface area contributed by atoms with E-state index in [1.165, 1.54) is 24.3 Å². The molecule has 2 aromatic rings. The average molecular weight is 374 g/mol. The van der Waals surface area contributed by atoms with E-state index in [1.54, 1.807) is 26.4 Å². The van der Waals surface area contributed by atoms with E-state index >= 15 is 0 Å². The van der Waals surface area contributed by atoms with Crippen molar-refractivity contribution in [3.8, 4) is 11.5 Å². The van der Waals surface area contributed by atoms with Gasteiger partial charge in [0, 0.05) is 24.0 Å². The average Bonchev–Trinajstić information content (AvgIpc) is 2.68. The Labute approximate surface area is 157 Å². The van der Waals surface area contributed by atoms with Crippen molar-refractivity contribution in [3.63, 3.8) is 0 Å². The number of hydrogen-bond acceptors (Lipinski definition) is 4. The van der Waals surface area contributed by atoms with Gasteiger partial charge in [0.1, 0.15) is 12.4 Å². The summed E-state index contributed by atoms with van der Waals surface area (Å²) in [5.41, 5.74) is 1.24. The Hall–Kier alpha value is -3.29. The van der Waals surface area contributed by atoms with Gasteiger partial charge in [-0.3, -0.25) is 4.79 Å². The fourth-order valence-electron chi connectivity index (χ4n) is 2.24. The lowest BCUT2D eigenvalue weighted by Gasteiger charge is -2.13. The summed E-state index contributed by atoms with van der Waals surface area (Å²) < 4.78 is 23.4. The van der Waals surface area contributed by atoms with Crippen molar-refractivity contribution in [2.24, 2.45) is 4.99 Å². The van der Waals surface area contributed by atoms with Crippen LogP contribution in [0.5, 0.6) is 11.5 Å². The highest BCUT2D eigenvalue weighted by Gasteiger charge is 2.07. The SMILES string of the molecule is CCNC(=NCC(=O)Nc1ccc(F)cc1)Nc1ccc(OC)c(OC)c1. The van der Waals surface area contributed by atoms with Crippen LogP contribution < -0.4 is 25.4 Å². The molecule has 2 aromatic carbocycles. The second-order valence-corrected chi connectivity index (χ2v) is 5.44. The second-order valence-electron chi connectivity index (χ2n) is 5.44. The molecule has 8 heteroatoms. The molecule has 0 aromatic heterocycles. The molecule has 0 saturated carbocycles. The number of nitrogens with zero attached hydrogens (tertiary/aromatic N) is 1. The first-order chi connectivity index (χ1) is 13.0. The largest absolute Gasteiger partial charge is 0.493 e. The summed E-state index contributed by atoms with van der Waals surface area (Å²) in [7, 11) is 3.12. The van der Waals surface area contributed by atoms with E-state index in [0.717, 1.165) is 5.69 Å². The molecule has 0 aliphatic carbocycles. The minimum Gasteiger partial charge on any atom is -0.493 e. The van der Waals surface area contributed by atoms with E-state index in [1.807, 2.05) is 13.0 Å². The summed E-state index contributed by atoms with van der Waals surface area (Å²) in [6, 6.07) is 10.9. The van der Waals surface area contributed by atoms with Crippen molar-refractivity contribution < 1.29 is 18.7 Å². The Morgan fingerprint density at radius 2 is 1.67 bits per heavy atom. The summed E-state index contributed by atoms with van der Waals surface area (Å²) in [4.78, 5) is 16.3. The number of halogens is 1. The van der Waals surface area contributed by atoms with Crippen LogP contribution in [0.15, 0.2) is 47.5 Å². The first-order valence-corrected chi connectivity index (χ1v) is 8.38. The number of anilines is 2. The number of ether oxygens (including phenoxy) is 2. The van der Waals surface area contributed by atoms with Crippen molar-refractivity contribution in [3.05, 3.63) is 48.3 Å². The van der Waals surface area contributed by atoms with Gasteiger partial charge in [-0.2, -0.15) is 0 Å². The number of methoxy groups -OCH3 is 2. The minimum atomic E-state index is -0.362. The van der Waals surface area contributed by atoms with Crippen molar-refractivity contribution in [1.29, 1.82) is 0 Å². The lowest BCUT2D eigenvalue weighted by molar-refractivity contribution is -0.114. The van der Waals surface area contributed by atoms with Gasteiger partial charge in [0.2, 0.25) is 5.91 Å². The van der Waals surface area contributed by atoms with Gasteiger partial charge < -0.3 is 25.4 Å². The van der Waals surface area contributed by atoms with Crippen LogP contribution >= 0.6 is 0 Å². The zero-order chi connectivity index (χ0) is 19.6. The summed E-state index contributed by atoms with van der Waals surface area (Å²) >= 11 is 0. The monoisotopic (exact) mass is 374 g/mol. The van der Waals surface area contributed by atoms with Crippen LogP contribution in [0, 0.1) is 5.82 Å². The lowest BCUT2D eigenvalue weighted by Crippen LogP contribution is -2.31. The third-order valence-corrected chi connectivity index (χ3v) is 3.50. The summed E-state index contributed by atoms with van der Waals surface area (Å²) in [5, 5.41) is 8.83. The summed E-state index contributed by atoms with van der Waals surface area (Å²) in [6.45, 7) is 2.45. The number of benzene rings is 2. The third-order valence-electron chi connectivity index (χ3n) is 3.50. The van der Waals surface area contributed by atoms with Gasteiger partial charge in [0.05, 0.1) is 14.2 Å². The van der Waals surface area contributed by atoms with E-state index in [2.05, 4.69) is 20.9 Å². The summed E-state index contributed by atoms with van der Waals surface area (Å²) in [6.07, 6.45) is 0. The molecule has 0 unspecified atom stereocenters. The van der Waals surface area contributed by atoms with Gasteiger partial charge >= 0.3 is 0 Å². The first kappa shape index (κ1) is 20.0. The van der Waals surface area contributed by atoms with Gasteiger partial charge in [-0.05, 0) is 43.3 Å². The molecule has 0 heterocycles. The van der Waals surface area contributed by atoms with Crippen molar-refractivity contribution >= 4 is 23.2 Å². The molecule has 144 valence electrons. The lowest BCUT2D eigenvalue weighted by atomic mass is 10.3. The fourth-order valence-corrected chi connectivity index (χ4v) is 2.24. The topological polar surface area (TPSA) is 84.0 Å². The Balaban J connectivity index is 2.03. The van der Waals surface area contributed by atoms with Gasteiger partial charge in [0.15, 0.2) is 17.5 Å². The Kier molecular flexibility index (Phi) is 7.42. The number of guanidine groups is 1. The molecule has 0 aliphatic rings. The quantitative estimate of drug-likeness (QED) is 0.513. The van der Waals surface area contributed by atoms with Gasteiger partial charge in [-0.25, -0.2) is 9.38 Å². The van der Waals surface area contributed by atoms with E-state index < -0.39 is 0 Å². The normalized spacial score (nSPS) is 10.9. The standard InChI is InChI=1S/C19H23FN4O3/c1-4-21-19(24-15-9-10-16(26-2)17(11-15)27-3)22-12-18(25)23-14-7-5-13(20)6-8-14/h5-11H,4,12H2,1-3H3,(H,23,25)(H2,21,22,24). The highest BCUT2D eigenvalue weighted by molar-refractivity contribution is 5.97. The highest BCUT2D eigenvalue weighted by Crippen LogP contribution is 2.29. The van der Waals surface area contributed by atoms with E-state index in [0.29, 0.717) is 29.7 Å². The zero-order valence-electron chi connectivity index (χ0n) is 15.5. The molecule has 7 nitrogen and oxygen atoms in total. The van der Waals surface area contributed by atoms with Crippen molar-refractivity contribution in [2.75, 3.05) is 37.9 Å². The predicted molar refractivity (Wildman–Crippen MR) is 104 cm³/mol. The zero-order valence-corrected chi connectivity index (χ0v) is 15.5. The molecule has 27 heavy (non-hydrogen) atoms. The molecule has 1 amide bonds. The fraction of sp³-hybridized carbons (Fsp3) is 0.263. The number of nitrogens with one attached hydrogen (secondary N) is 3. The number of carbonyl (C=O) groups excluding carboxylic acids is 1. The van der Waals surface area contributed by atoms with Gasteiger partial charge in [-0.15, -0.1) is 0 Å². The molecule has 0 radical (unpaired) electrons. The van der Waals surface area contributed by atoms with Gasteiger partial charge in [-0.1, -0.05) is 0 Å². The van der Waals surface area contributed by atoms with Crippen LogP contribution in [-0.4, -0.2) is 39.2 Å². The van der Waals surface area contributed by atoms with Crippen LogP contribution in [0.25, 0.3) is 0 Å². The molecule has 0 bridgehead atoms. The first-order valence-electron chi connectivity index (χ1n) is 8.38. The molecule has 0 fully saturated rings. The number of aliphatic imine (C=N–C) groups is 1. The van der Waals surface area contributed by atoms with Crippen molar-refractivity contribution in [1.82, 2.24) is 5.32 Å². The van der Waals surface area contributed by atoms with Crippen LogP contribution in [-0.2, 0) is 4.79 Å². The van der Waals surface area contributed by atoms with Gasteiger partial charge in [0.25, 0.3) is 0 Å². The highest BCUT2D eigenvalue weighted by atomic mass is 19.1. The van der Waals surface area contributed by atoms with Crippen LogP contribution in [0.2, 0.25) is 0 Å². The number of rotatable bonds is 7. The molecular weight excluding hydrogens is 351 g/mol. The molecule has 0 aliphatic heterocycles. The van der Waals surface area contributed by atoms with E-state index in [9.17, 15) is 9.18 Å². The third kappa shape index (κ3) is 6.18. The predicted octanol–water partition coefficient (Wildman–Crippen LogP) is 2.86. The van der Waals surface area contributed by atoms with E-state index in [4.69, 9.17) is 9.47 Å². The van der Waals surface area contributed by atoms with Crippen LogP contribution in [0.3, 0.4) is 0 Å². The number of amides is 1. The minimum absolute atomic E-state index is 0.0972. The molecule has 3 N–H and O–H groups in total. The molecule has 0 atom stereocenters. The Bertz CT molecular complexity index is 794. The molecule has 0 spiro atoms. The second kappa shape index (κ2) is 10.0. The Morgan fingerprint density at radius 1 is 1.00 bits per heavy atom. The van der Waals surface area contributed by atoms with Crippen molar-refractivity contribution in [2.45, 2.75) is 6.92 Å². The maximum absolute atomic E-state index is 12.9. The summed E-state index contributed by atoms with van der Waals surface area (Å²) in [5.74, 6) is 0.959. The number of carbonyl (C=O) groups is 1.